The molecule has 0 aromatic heterocycles. The number of esters is 1. The third-order valence-corrected chi connectivity index (χ3v) is 1.87. The number of ether oxygens (including phenoxy) is 1. The van der Waals surface area contributed by atoms with Crippen LogP contribution in [-0.4, -0.2) is 23.3 Å². The molecule has 1 aromatic carbocycles. The molecule has 0 unspecified atom stereocenters. The Labute approximate surface area is 86.1 Å². The van der Waals surface area contributed by atoms with Crippen LogP contribution in [0, 0.1) is 11.3 Å². The molecule has 0 bridgehead atoms. The Morgan fingerprint density at radius 2 is 2.27 bits per heavy atom. The number of nitriles is 1. The number of benzene rings is 1. The number of phenolic OH excluding ortho intramolecular Hbond substituents is 1. The second-order valence-electron chi connectivity index (χ2n) is 2.80. The van der Waals surface area contributed by atoms with Crippen LogP contribution in [0.1, 0.15) is 21.5 Å². The molecular weight excluding hydrogens is 198 g/mol. The van der Waals surface area contributed by atoms with Crippen LogP contribution in [0.4, 0.5) is 0 Å². The smallest absolute Gasteiger partial charge is 0.343 e. The second kappa shape index (κ2) is 4.44. The van der Waals surface area contributed by atoms with E-state index in [1.807, 2.05) is 0 Å². The van der Waals surface area contributed by atoms with Crippen LogP contribution < -0.4 is 0 Å². The molecule has 5 heteroatoms. The van der Waals surface area contributed by atoms with Crippen LogP contribution in [0.2, 0.25) is 0 Å². The summed E-state index contributed by atoms with van der Waals surface area (Å²) in [5.41, 5.74) is 0.153. The van der Waals surface area contributed by atoms with Gasteiger partial charge in [-0.2, -0.15) is 5.26 Å². The maximum absolute atomic E-state index is 11.2. The highest BCUT2D eigenvalue weighted by molar-refractivity contribution is 5.95. The van der Waals surface area contributed by atoms with Gasteiger partial charge >= 0.3 is 5.97 Å². The van der Waals surface area contributed by atoms with E-state index in [4.69, 9.17) is 10.4 Å². The Bertz CT molecular complexity index is 434. The summed E-state index contributed by atoms with van der Waals surface area (Å²) in [5, 5.41) is 27.1. The van der Waals surface area contributed by atoms with Gasteiger partial charge in [-0.3, -0.25) is 0 Å². The van der Waals surface area contributed by atoms with Gasteiger partial charge in [0.25, 0.3) is 0 Å². The van der Waals surface area contributed by atoms with Crippen LogP contribution in [0.3, 0.4) is 0 Å². The highest BCUT2D eigenvalue weighted by Gasteiger charge is 2.18. The van der Waals surface area contributed by atoms with E-state index in [0.29, 0.717) is 5.56 Å². The fourth-order valence-corrected chi connectivity index (χ4v) is 1.18. The molecule has 0 spiro atoms. The summed E-state index contributed by atoms with van der Waals surface area (Å²) in [6, 6.07) is 4.30. The molecule has 15 heavy (non-hydrogen) atoms. The summed E-state index contributed by atoms with van der Waals surface area (Å²) in [5.74, 6) is -1.15. The fourth-order valence-electron chi connectivity index (χ4n) is 1.18. The number of rotatable bonds is 2. The lowest BCUT2D eigenvalue weighted by atomic mass is 10.0. The molecule has 2 N–H and O–H groups in total. The number of hydrogen-bond acceptors (Lipinski definition) is 5. The van der Waals surface area contributed by atoms with Gasteiger partial charge in [0.2, 0.25) is 0 Å². The zero-order valence-electron chi connectivity index (χ0n) is 8.02. The summed E-state index contributed by atoms with van der Waals surface area (Å²) in [4.78, 5) is 11.2. The van der Waals surface area contributed by atoms with E-state index in [1.165, 1.54) is 12.1 Å². The number of aliphatic hydroxyl groups excluding tert-OH is 1. The van der Waals surface area contributed by atoms with Gasteiger partial charge < -0.3 is 14.9 Å². The lowest BCUT2D eigenvalue weighted by Gasteiger charge is -2.06. The van der Waals surface area contributed by atoms with Crippen LogP contribution >= 0.6 is 0 Å². The molecule has 0 fully saturated rings. The molecule has 0 atom stereocenters. The van der Waals surface area contributed by atoms with E-state index in [9.17, 15) is 9.90 Å². The molecule has 1 aromatic rings. The largest absolute Gasteiger partial charge is 0.507 e. The highest BCUT2D eigenvalue weighted by atomic mass is 16.5. The van der Waals surface area contributed by atoms with E-state index in [0.717, 1.165) is 7.11 Å². The Hall–Kier alpha value is -2.06. The number of hydrogen-bond donors (Lipinski definition) is 2. The second-order valence-corrected chi connectivity index (χ2v) is 2.80. The third kappa shape index (κ3) is 2.06. The van der Waals surface area contributed by atoms with Crippen molar-refractivity contribution in [2.24, 2.45) is 0 Å². The molecule has 0 aliphatic heterocycles. The van der Waals surface area contributed by atoms with Crippen molar-refractivity contribution in [2.45, 2.75) is 6.61 Å². The summed E-state index contributed by atoms with van der Waals surface area (Å²) < 4.78 is 4.42. The van der Waals surface area contributed by atoms with E-state index >= 15 is 0 Å². The molecule has 5 nitrogen and oxygen atoms in total. The molecule has 78 valence electrons. The molecule has 0 saturated carbocycles. The van der Waals surface area contributed by atoms with Crippen molar-refractivity contribution in [3.8, 4) is 11.8 Å². The first-order valence-electron chi connectivity index (χ1n) is 4.09. The van der Waals surface area contributed by atoms with Crippen molar-refractivity contribution in [3.05, 3.63) is 28.8 Å². The van der Waals surface area contributed by atoms with E-state index in [2.05, 4.69) is 4.74 Å². The molecule has 0 saturated heterocycles. The number of carbonyl (C=O) groups is 1. The van der Waals surface area contributed by atoms with Gasteiger partial charge in [-0.15, -0.1) is 0 Å². The molecule has 0 heterocycles. The average Bonchev–Trinajstić information content (AvgIpc) is 2.26. The van der Waals surface area contributed by atoms with Crippen molar-refractivity contribution < 1.29 is 19.7 Å². The van der Waals surface area contributed by atoms with Gasteiger partial charge in [-0.05, 0) is 17.7 Å². The minimum Gasteiger partial charge on any atom is -0.507 e. The topological polar surface area (TPSA) is 90.6 Å². The zero-order valence-corrected chi connectivity index (χ0v) is 8.02. The van der Waals surface area contributed by atoms with E-state index in [1.54, 1.807) is 6.07 Å². The first-order valence-corrected chi connectivity index (χ1v) is 4.09. The van der Waals surface area contributed by atoms with Crippen molar-refractivity contribution in [2.75, 3.05) is 7.11 Å². The Balaban J connectivity index is 3.39. The molecule has 1 rings (SSSR count). The van der Waals surface area contributed by atoms with Crippen LogP contribution in [-0.2, 0) is 11.3 Å². The first-order chi connectivity index (χ1) is 7.13. The predicted molar refractivity (Wildman–Crippen MR) is 50.1 cm³/mol. The quantitative estimate of drug-likeness (QED) is 0.691. The van der Waals surface area contributed by atoms with Gasteiger partial charge in [0.1, 0.15) is 17.4 Å². The normalized spacial score (nSPS) is 9.40. The average molecular weight is 207 g/mol. The number of carbonyl (C=O) groups excluding carboxylic acids is 1. The van der Waals surface area contributed by atoms with E-state index < -0.39 is 5.97 Å². The minimum absolute atomic E-state index is 0.0223. The Morgan fingerprint density at radius 3 is 2.73 bits per heavy atom. The number of methoxy groups -OCH3 is 1. The number of nitrogens with zero attached hydrogens (tertiary/aromatic N) is 1. The fraction of sp³-hybridized carbons (Fsp3) is 0.200. The third-order valence-electron chi connectivity index (χ3n) is 1.87. The van der Waals surface area contributed by atoms with Crippen molar-refractivity contribution >= 4 is 5.97 Å². The predicted octanol–water partition coefficient (Wildman–Crippen LogP) is 0.543. The summed E-state index contributed by atoms with van der Waals surface area (Å²) >= 11 is 0. The van der Waals surface area contributed by atoms with Crippen LogP contribution in [0.25, 0.3) is 0 Å². The minimum atomic E-state index is -0.784. The van der Waals surface area contributed by atoms with Crippen LogP contribution in [0.15, 0.2) is 12.1 Å². The van der Waals surface area contributed by atoms with Gasteiger partial charge in [0, 0.05) is 0 Å². The number of phenols is 1. The van der Waals surface area contributed by atoms with Crippen molar-refractivity contribution in [1.29, 1.82) is 5.26 Å². The highest BCUT2D eigenvalue weighted by Crippen LogP contribution is 2.24. The number of aromatic hydroxyl groups is 1. The molecule has 0 aliphatic rings. The Kier molecular flexibility index (Phi) is 3.26. The Morgan fingerprint density at radius 1 is 1.60 bits per heavy atom. The van der Waals surface area contributed by atoms with Gasteiger partial charge in [0.05, 0.1) is 19.3 Å². The molecular formula is C10H9NO4. The summed E-state index contributed by atoms with van der Waals surface area (Å²) in [6.07, 6.45) is 0. The van der Waals surface area contributed by atoms with Gasteiger partial charge in [0.15, 0.2) is 0 Å². The van der Waals surface area contributed by atoms with E-state index in [-0.39, 0.29) is 23.5 Å². The molecule has 0 radical (unpaired) electrons. The van der Waals surface area contributed by atoms with Crippen molar-refractivity contribution in [3.63, 3.8) is 0 Å². The van der Waals surface area contributed by atoms with Gasteiger partial charge in [-0.25, -0.2) is 4.79 Å². The number of aliphatic hydroxyl groups is 1. The van der Waals surface area contributed by atoms with Gasteiger partial charge in [-0.1, -0.05) is 0 Å². The zero-order chi connectivity index (χ0) is 11.4. The maximum Gasteiger partial charge on any atom is 0.343 e. The van der Waals surface area contributed by atoms with Crippen LogP contribution in [0.5, 0.6) is 5.75 Å². The lowest BCUT2D eigenvalue weighted by Crippen LogP contribution is -2.05. The lowest BCUT2D eigenvalue weighted by molar-refractivity contribution is 0.0597. The summed E-state index contributed by atoms with van der Waals surface area (Å²) in [7, 11) is 1.16. The summed E-state index contributed by atoms with van der Waals surface area (Å²) in [6.45, 7) is -0.316. The SMILES string of the molecule is COC(=O)c1c(O)cc(CO)cc1C#N. The molecule has 0 aliphatic carbocycles. The van der Waals surface area contributed by atoms with Crippen molar-refractivity contribution in [1.82, 2.24) is 0 Å². The first kappa shape index (κ1) is 11.0. The molecule has 0 amide bonds. The maximum atomic E-state index is 11.2. The monoisotopic (exact) mass is 207 g/mol. The standard InChI is InChI=1S/C10H9NO4/c1-15-10(14)9-7(4-11)2-6(5-12)3-8(9)13/h2-3,12-13H,5H2,1H3.